The van der Waals surface area contributed by atoms with E-state index in [9.17, 15) is 4.79 Å². The van der Waals surface area contributed by atoms with Crippen LogP contribution in [-0.2, 0) is 17.8 Å². The van der Waals surface area contributed by atoms with Crippen LogP contribution in [0.4, 0.5) is 0 Å². The lowest BCUT2D eigenvalue weighted by atomic mass is 10.1. The quantitative estimate of drug-likeness (QED) is 0.585. The van der Waals surface area contributed by atoms with Crippen LogP contribution in [0, 0.1) is 0 Å². The van der Waals surface area contributed by atoms with Gasteiger partial charge in [0.2, 0.25) is 0 Å². The number of benzene rings is 1. The van der Waals surface area contributed by atoms with Crippen molar-refractivity contribution in [1.82, 2.24) is 14.7 Å². The molecule has 1 unspecified atom stereocenters. The molecule has 0 spiro atoms. The Bertz CT molecular complexity index is 929. The number of nitrogens with zero attached hydrogens (tertiary/aromatic N) is 3. The van der Waals surface area contributed by atoms with Gasteiger partial charge in [-0.1, -0.05) is 18.2 Å². The number of carbonyl (C=O) groups is 1. The number of aromatic nitrogens is 2. The molecule has 4 rings (SSSR count). The third-order valence-electron chi connectivity index (χ3n) is 5.04. The second kappa shape index (κ2) is 8.96. The molecule has 1 amide bonds. The predicted octanol–water partition coefficient (Wildman–Crippen LogP) is 3.35. The SMILES string of the molecule is COc1ccccc1CN(CC1CCCO1)C(=O)c1ccc(Cn2cccn2)o1. The first-order chi connectivity index (χ1) is 14.2. The Morgan fingerprint density at radius 2 is 2.17 bits per heavy atom. The normalized spacial score (nSPS) is 16.1. The van der Waals surface area contributed by atoms with Crippen LogP contribution in [0.25, 0.3) is 0 Å². The van der Waals surface area contributed by atoms with Gasteiger partial charge in [-0.3, -0.25) is 9.48 Å². The number of methoxy groups -OCH3 is 1. The van der Waals surface area contributed by atoms with Crippen molar-refractivity contribution in [1.29, 1.82) is 0 Å². The molecule has 1 aliphatic rings. The second-order valence-electron chi connectivity index (χ2n) is 7.10. The van der Waals surface area contributed by atoms with E-state index in [0.29, 0.717) is 31.2 Å². The van der Waals surface area contributed by atoms with Gasteiger partial charge < -0.3 is 18.8 Å². The van der Waals surface area contributed by atoms with Crippen molar-refractivity contribution in [2.24, 2.45) is 0 Å². The topological polar surface area (TPSA) is 69.7 Å². The summed E-state index contributed by atoms with van der Waals surface area (Å²) in [5.74, 6) is 1.61. The molecule has 1 aliphatic heterocycles. The van der Waals surface area contributed by atoms with Crippen LogP contribution in [0.15, 0.2) is 59.3 Å². The molecule has 0 N–H and O–H groups in total. The number of furan rings is 1. The van der Waals surface area contributed by atoms with Crippen LogP contribution in [0.1, 0.15) is 34.7 Å². The molecule has 0 radical (unpaired) electrons. The van der Waals surface area contributed by atoms with Gasteiger partial charge in [-0.05, 0) is 37.1 Å². The molecule has 152 valence electrons. The minimum atomic E-state index is -0.155. The molecule has 3 aromatic rings. The zero-order valence-electron chi connectivity index (χ0n) is 16.5. The van der Waals surface area contributed by atoms with Crippen LogP contribution in [0.2, 0.25) is 0 Å². The number of carbonyl (C=O) groups excluding carboxylic acids is 1. The summed E-state index contributed by atoms with van der Waals surface area (Å²) < 4.78 is 18.8. The molecule has 29 heavy (non-hydrogen) atoms. The van der Waals surface area contributed by atoms with Gasteiger partial charge in [0, 0.05) is 37.7 Å². The van der Waals surface area contributed by atoms with Crippen LogP contribution in [-0.4, -0.2) is 47.0 Å². The molecule has 2 aromatic heterocycles. The van der Waals surface area contributed by atoms with Crippen molar-refractivity contribution in [2.45, 2.75) is 32.0 Å². The van der Waals surface area contributed by atoms with E-state index in [1.807, 2.05) is 42.6 Å². The van der Waals surface area contributed by atoms with Crippen LogP contribution < -0.4 is 4.74 Å². The molecule has 1 fully saturated rings. The minimum absolute atomic E-state index is 0.0483. The van der Waals surface area contributed by atoms with Crippen LogP contribution >= 0.6 is 0 Å². The minimum Gasteiger partial charge on any atom is -0.496 e. The lowest BCUT2D eigenvalue weighted by Crippen LogP contribution is -2.36. The average molecular weight is 395 g/mol. The lowest BCUT2D eigenvalue weighted by Gasteiger charge is -2.25. The van der Waals surface area contributed by atoms with Gasteiger partial charge >= 0.3 is 0 Å². The fourth-order valence-corrected chi connectivity index (χ4v) is 3.58. The van der Waals surface area contributed by atoms with E-state index < -0.39 is 0 Å². The van der Waals surface area contributed by atoms with Gasteiger partial charge in [0.1, 0.15) is 11.5 Å². The molecule has 1 aromatic carbocycles. The maximum absolute atomic E-state index is 13.3. The molecular formula is C22H25N3O4. The van der Waals surface area contributed by atoms with Gasteiger partial charge in [0.15, 0.2) is 5.76 Å². The van der Waals surface area contributed by atoms with Gasteiger partial charge in [-0.25, -0.2) is 0 Å². The highest BCUT2D eigenvalue weighted by Gasteiger charge is 2.26. The summed E-state index contributed by atoms with van der Waals surface area (Å²) in [5.41, 5.74) is 0.949. The Hall–Kier alpha value is -3.06. The Labute approximate surface area is 169 Å². The first-order valence-corrected chi connectivity index (χ1v) is 9.82. The summed E-state index contributed by atoms with van der Waals surface area (Å²) >= 11 is 0. The molecule has 1 saturated heterocycles. The predicted molar refractivity (Wildman–Crippen MR) is 107 cm³/mol. The third-order valence-corrected chi connectivity index (χ3v) is 5.04. The summed E-state index contributed by atoms with van der Waals surface area (Å²) in [6.07, 6.45) is 5.60. The number of amides is 1. The monoisotopic (exact) mass is 395 g/mol. The highest BCUT2D eigenvalue weighted by atomic mass is 16.5. The van der Waals surface area contributed by atoms with E-state index in [0.717, 1.165) is 30.8 Å². The summed E-state index contributed by atoms with van der Waals surface area (Å²) in [4.78, 5) is 15.0. The molecule has 0 bridgehead atoms. The van der Waals surface area contributed by atoms with Crippen LogP contribution in [0.5, 0.6) is 5.75 Å². The molecule has 7 nitrogen and oxygen atoms in total. The maximum Gasteiger partial charge on any atom is 0.289 e. The average Bonchev–Trinajstić information content (AvgIpc) is 3.51. The van der Waals surface area contributed by atoms with Crippen molar-refractivity contribution in [3.63, 3.8) is 0 Å². The molecule has 0 aliphatic carbocycles. The van der Waals surface area contributed by atoms with E-state index in [1.165, 1.54) is 0 Å². The van der Waals surface area contributed by atoms with Gasteiger partial charge in [-0.2, -0.15) is 5.10 Å². The van der Waals surface area contributed by atoms with Crippen molar-refractivity contribution >= 4 is 5.91 Å². The van der Waals surface area contributed by atoms with E-state index in [1.54, 1.807) is 29.0 Å². The molecule has 0 saturated carbocycles. The Morgan fingerprint density at radius 1 is 1.28 bits per heavy atom. The number of hydrogen-bond donors (Lipinski definition) is 0. The van der Waals surface area contributed by atoms with Crippen molar-refractivity contribution < 1.29 is 18.7 Å². The standard InChI is InChI=1S/C22H25N3O4/c1-27-20-8-3-2-6-17(20)14-24(15-18-7-4-13-28-18)22(26)21-10-9-19(29-21)16-25-12-5-11-23-25/h2-3,5-6,8-12,18H,4,7,13-16H2,1H3. The Balaban J connectivity index is 1.53. The van der Waals surface area contributed by atoms with Crippen LogP contribution in [0.3, 0.4) is 0 Å². The van der Waals surface area contributed by atoms with Crippen molar-refractivity contribution in [3.05, 3.63) is 71.9 Å². The highest BCUT2D eigenvalue weighted by molar-refractivity contribution is 5.91. The van der Waals surface area contributed by atoms with Gasteiger partial charge in [-0.15, -0.1) is 0 Å². The molecular weight excluding hydrogens is 370 g/mol. The fourth-order valence-electron chi connectivity index (χ4n) is 3.58. The van der Waals surface area contributed by atoms with Crippen molar-refractivity contribution in [2.75, 3.05) is 20.3 Å². The Morgan fingerprint density at radius 3 is 2.93 bits per heavy atom. The van der Waals surface area contributed by atoms with E-state index in [4.69, 9.17) is 13.9 Å². The summed E-state index contributed by atoms with van der Waals surface area (Å²) in [6, 6.07) is 13.1. The molecule has 3 heterocycles. The third kappa shape index (κ3) is 4.68. The van der Waals surface area contributed by atoms with Gasteiger partial charge in [0.05, 0.1) is 19.8 Å². The number of ether oxygens (including phenoxy) is 2. The summed E-state index contributed by atoms with van der Waals surface area (Å²) in [5, 5.41) is 4.18. The van der Waals surface area contributed by atoms with E-state index >= 15 is 0 Å². The maximum atomic E-state index is 13.3. The summed E-state index contributed by atoms with van der Waals surface area (Å²) in [7, 11) is 1.64. The number of rotatable bonds is 8. The van der Waals surface area contributed by atoms with Gasteiger partial charge in [0.25, 0.3) is 5.91 Å². The Kier molecular flexibility index (Phi) is 5.95. The molecule has 7 heteroatoms. The number of hydrogen-bond acceptors (Lipinski definition) is 5. The number of para-hydroxylation sites is 1. The first kappa shape index (κ1) is 19.3. The largest absolute Gasteiger partial charge is 0.496 e. The molecule has 1 atom stereocenters. The zero-order valence-corrected chi connectivity index (χ0v) is 16.5. The van der Waals surface area contributed by atoms with Crippen molar-refractivity contribution in [3.8, 4) is 5.75 Å². The first-order valence-electron chi connectivity index (χ1n) is 9.82. The smallest absolute Gasteiger partial charge is 0.289 e. The van der Waals surface area contributed by atoms with E-state index in [-0.39, 0.29) is 12.0 Å². The van der Waals surface area contributed by atoms with E-state index in [2.05, 4.69) is 5.10 Å². The second-order valence-corrected chi connectivity index (χ2v) is 7.10. The zero-order chi connectivity index (χ0) is 20.1. The highest BCUT2D eigenvalue weighted by Crippen LogP contribution is 2.23. The lowest BCUT2D eigenvalue weighted by molar-refractivity contribution is 0.0481. The summed E-state index contributed by atoms with van der Waals surface area (Å²) in [6.45, 7) is 2.18. The fraction of sp³-hybridized carbons (Fsp3) is 0.364.